The van der Waals surface area contributed by atoms with E-state index in [9.17, 15) is 9.59 Å². The molecule has 2 amide bonds. The minimum absolute atomic E-state index is 0.0715. The summed E-state index contributed by atoms with van der Waals surface area (Å²) in [6, 6.07) is 5.33. The molecule has 22 heavy (non-hydrogen) atoms. The van der Waals surface area contributed by atoms with Crippen molar-refractivity contribution < 1.29 is 19.1 Å². The number of benzene rings is 1. The Balaban J connectivity index is 1.68. The quantitative estimate of drug-likeness (QED) is 0.927. The summed E-state index contributed by atoms with van der Waals surface area (Å²) < 4.78 is 10.6. The van der Waals surface area contributed by atoms with Crippen molar-refractivity contribution in [2.75, 3.05) is 25.2 Å². The zero-order valence-electron chi connectivity index (χ0n) is 12.8. The fourth-order valence-electron chi connectivity index (χ4n) is 2.84. The molecule has 1 atom stereocenters. The summed E-state index contributed by atoms with van der Waals surface area (Å²) in [6.07, 6.45) is 1.15. The van der Waals surface area contributed by atoms with Crippen LogP contribution in [0.2, 0.25) is 0 Å². The van der Waals surface area contributed by atoms with Gasteiger partial charge in [0.05, 0.1) is 5.41 Å². The number of fused-ring (bicyclic) bond motifs is 1. The molecule has 3 rings (SSSR count). The van der Waals surface area contributed by atoms with Crippen LogP contribution in [0.25, 0.3) is 0 Å². The van der Waals surface area contributed by atoms with E-state index < -0.39 is 5.41 Å². The standard InChI is InChI=1S/C16H20N2O4/c1-3-14(19)18-7-6-16(2,9-18)15(20)17-11-4-5-12-13(8-11)22-10-21-12/h4-5,8H,3,6-7,9-10H2,1-2H3,(H,17,20). The lowest BCUT2D eigenvalue weighted by molar-refractivity contribution is -0.131. The van der Waals surface area contributed by atoms with Gasteiger partial charge in [0.1, 0.15) is 0 Å². The number of hydrogen-bond acceptors (Lipinski definition) is 4. The molecule has 0 radical (unpaired) electrons. The molecule has 2 aliphatic heterocycles. The Bertz CT molecular complexity index is 616. The largest absolute Gasteiger partial charge is 0.454 e. The average molecular weight is 304 g/mol. The molecule has 118 valence electrons. The summed E-state index contributed by atoms with van der Waals surface area (Å²) in [4.78, 5) is 26.1. The highest BCUT2D eigenvalue weighted by Crippen LogP contribution is 2.36. The van der Waals surface area contributed by atoms with Crippen molar-refractivity contribution in [3.8, 4) is 11.5 Å². The summed E-state index contributed by atoms with van der Waals surface area (Å²) in [6.45, 7) is 5.05. The van der Waals surface area contributed by atoms with Gasteiger partial charge in [-0.1, -0.05) is 6.92 Å². The van der Waals surface area contributed by atoms with E-state index in [1.165, 1.54) is 0 Å². The molecule has 1 aromatic rings. The van der Waals surface area contributed by atoms with Crippen LogP contribution in [0, 0.1) is 5.41 Å². The highest BCUT2D eigenvalue weighted by molar-refractivity contribution is 5.96. The summed E-state index contributed by atoms with van der Waals surface area (Å²) in [5.41, 5.74) is 0.122. The van der Waals surface area contributed by atoms with E-state index >= 15 is 0 Å². The van der Waals surface area contributed by atoms with Gasteiger partial charge in [0.15, 0.2) is 11.5 Å². The fourth-order valence-corrected chi connectivity index (χ4v) is 2.84. The molecule has 1 N–H and O–H groups in total. The van der Waals surface area contributed by atoms with Crippen LogP contribution in [0.1, 0.15) is 26.7 Å². The van der Waals surface area contributed by atoms with Crippen LogP contribution < -0.4 is 14.8 Å². The molecule has 6 heteroatoms. The summed E-state index contributed by atoms with van der Waals surface area (Å²) in [5.74, 6) is 1.35. The van der Waals surface area contributed by atoms with E-state index in [2.05, 4.69) is 5.32 Å². The highest BCUT2D eigenvalue weighted by Gasteiger charge is 2.41. The maximum atomic E-state index is 12.6. The third kappa shape index (κ3) is 2.61. The number of nitrogens with one attached hydrogen (secondary N) is 1. The second-order valence-electron chi connectivity index (χ2n) is 6.00. The number of carbonyl (C=O) groups is 2. The highest BCUT2D eigenvalue weighted by atomic mass is 16.7. The minimum atomic E-state index is -0.554. The molecule has 0 bridgehead atoms. The van der Waals surface area contributed by atoms with E-state index in [-0.39, 0.29) is 18.6 Å². The molecular weight excluding hydrogens is 284 g/mol. The second-order valence-corrected chi connectivity index (χ2v) is 6.00. The Morgan fingerprint density at radius 2 is 2.09 bits per heavy atom. The van der Waals surface area contributed by atoms with Gasteiger partial charge in [-0.05, 0) is 25.5 Å². The van der Waals surface area contributed by atoms with Crippen molar-refractivity contribution in [1.82, 2.24) is 4.90 Å². The molecule has 6 nitrogen and oxygen atoms in total. The van der Waals surface area contributed by atoms with Gasteiger partial charge in [-0.3, -0.25) is 9.59 Å². The van der Waals surface area contributed by atoms with Crippen molar-refractivity contribution in [3.05, 3.63) is 18.2 Å². The molecule has 0 spiro atoms. The average Bonchev–Trinajstić information content (AvgIpc) is 3.13. The Labute approximate surface area is 129 Å². The normalized spacial score (nSPS) is 22.7. The lowest BCUT2D eigenvalue weighted by Gasteiger charge is -2.23. The number of carbonyl (C=O) groups excluding carboxylic acids is 2. The van der Waals surface area contributed by atoms with Crippen LogP contribution in [0.15, 0.2) is 18.2 Å². The zero-order valence-corrected chi connectivity index (χ0v) is 12.8. The molecule has 1 unspecified atom stereocenters. The van der Waals surface area contributed by atoms with E-state index in [4.69, 9.17) is 9.47 Å². The number of anilines is 1. The Hall–Kier alpha value is -2.24. The molecule has 2 aliphatic rings. The van der Waals surface area contributed by atoms with Gasteiger partial charge in [-0.25, -0.2) is 0 Å². The number of amides is 2. The first-order chi connectivity index (χ1) is 10.5. The molecular formula is C16H20N2O4. The van der Waals surface area contributed by atoms with Crippen LogP contribution in [0.5, 0.6) is 11.5 Å². The van der Waals surface area contributed by atoms with Gasteiger partial charge in [-0.15, -0.1) is 0 Å². The summed E-state index contributed by atoms with van der Waals surface area (Å²) in [5, 5.41) is 2.92. The van der Waals surface area contributed by atoms with E-state index in [0.717, 1.165) is 0 Å². The van der Waals surface area contributed by atoms with Crippen molar-refractivity contribution >= 4 is 17.5 Å². The first-order valence-corrected chi connectivity index (χ1v) is 7.51. The van der Waals surface area contributed by atoms with Gasteiger partial charge in [0.25, 0.3) is 0 Å². The molecule has 0 aliphatic carbocycles. The predicted octanol–water partition coefficient (Wildman–Crippen LogP) is 2.00. The molecule has 1 aromatic carbocycles. The van der Waals surface area contributed by atoms with Crippen LogP contribution in [-0.4, -0.2) is 36.6 Å². The first kappa shape index (κ1) is 14.7. The third-order valence-electron chi connectivity index (χ3n) is 4.31. The lowest BCUT2D eigenvalue weighted by Crippen LogP contribution is -2.38. The molecule has 1 fully saturated rings. The van der Waals surface area contributed by atoms with Crippen LogP contribution in [0.3, 0.4) is 0 Å². The number of likely N-dealkylation sites (tertiary alicyclic amines) is 1. The van der Waals surface area contributed by atoms with Gasteiger partial charge in [-0.2, -0.15) is 0 Å². The van der Waals surface area contributed by atoms with Crippen LogP contribution in [-0.2, 0) is 9.59 Å². The van der Waals surface area contributed by atoms with Crippen molar-refractivity contribution in [2.45, 2.75) is 26.7 Å². The van der Waals surface area contributed by atoms with Gasteiger partial charge < -0.3 is 19.7 Å². The van der Waals surface area contributed by atoms with Gasteiger partial charge >= 0.3 is 0 Å². The van der Waals surface area contributed by atoms with Gasteiger partial charge in [0.2, 0.25) is 18.6 Å². The number of rotatable bonds is 3. The van der Waals surface area contributed by atoms with Crippen LogP contribution >= 0.6 is 0 Å². The second kappa shape index (κ2) is 5.51. The number of nitrogens with zero attached hydrogens (tertiary/aromatic N) is 1. The van der Waals surface area contributed by atoms with Crippen LogP contribution in [0.4, 0.5) is 5.69 Å². The number of hydrogen-bond donors (Lipinski definition) is 1. The lowest BCUT2D eigenvalue weighted by atomic mass is 9.88. The molecule has 1 saturated heterocycles. The Kier molecular flexibility index (Phi) is 3.68. The third-order valence-corrected chi connectivity index (χ3v) is 4.31. The van der Waals surface area contributed by atoms with Crippen molar-refractivity contribution in [3.63, 3.8) is 0 Å². The minimum Gasteiger partial charge on any atom is -0.454 e. The van der Waals surface area contributed by atoms with E-state index in [1.807, 2.05) is 13.8 Å². The Morgan fingerprint density at radius 3 is 2.86 bits per heavy atom. The summed E-state index contributed by atoms with van der Waals surface area (Å²) in [7, 11) is 0. The summed E-state index contributed by atoms with van der Waals surface area (Å²) >= 11 is 0. The van der Waals surface area contributed by atoms with Crippen molar-refractivity contribution in [1.29, 1.82) is 0 Å². The smallest absolute Gasteiger partial charge is 0.232 e. The maximum Gasteiger partial charge on any atom is 0.232 e. The predicted molar refractivity (Wildman–Crippen MR) is 80.8 cm³/mol. The fraction of sp³-hybridized carbons (Fsp3) is 0.500. The zero-order chi connectivity index (χ0) is 15.7. The first-order valence-electron chi connectivity index (χ1n) is 7.51. The molecule has 0 saturated carbocycles. The monoisotopic (exact) mass is 304 g/mol. The number of ether oxygens (including phenoxy) is 2. The maximum absolute atomic E-state index is 12.6. The Morgan fingerprint density at radius 1 is 1.32 bits per heavy atom. The topological polar surface area (TPSA) is 67.9 Å². The van der Waals surface area contributed by atoms with E-state index in [0.29, 0.717) is 43.1 Å². The van der Waals surface area contributed by atoms with E-state index in [1.54, 1.807) is 23.1 Å². The molecule has 0 aromatic heterocycles. The SMILES string of the molecule is CCC(=O)N1CCC(C)(C(=O)Nc2ccc3c(c2)OCO3)C1. The molecule has 2 heterocycles. The van der Waals surface area contributed by atoms with Crippen molar-refractivity contribution in [2.24, 2.45) is 5.41 Å². The van der Waals surface area contributed by atoms with Gasteiger partial charge in [0, 0.05) is 31.3 Å².